The number of aliphatic hydroxyl groups is 6. The van der Waals surface area contributed by atoms with E-state index >= 15 is 0 Å². The molecule has 34 heavy (non-hydrogen) atoms. The maximum atomic E-state index is 11.6. The molecule has 6 heteroatoms. The lowest BCUT2D eigenvalue weighted by Gasteiger charge is -2.45. The van der Waals surface area contributed by atoms with Crippen LogP contribution in [0.3, 0.4) is 0 Å². The minimum atomic E-state index is -2.32. The molecule has 0 saturated heterocycles. The van der Waals surface area contributed by atoms with Crippen molar-refractivity contribution in [1.29, 1.82) is 0 Å². The van der Waals surface area contributed by atoms with Gasteiger partial charge in [-0.15, -0.1) is 0 Å². The van der Waals surface area contributed by atoms with Gasteiger partial charge in [-0.3, -0.25) is 0 Å². The average Bonchev–Trinajstić information content (AvgIpc) is 2.82. The van der Waals surface area contributed by atoms with Crippen LogP contribution < -0.4 is 0 Å². The molecule has 0 radical (unpaired) electrons. The average molecular weight is 475 g/mol. The lowest BCUT2D eigenvalue weighted by molar-refractivity contribution is -0.229. The first-order valence-electron chi connectivity index (χ1n) is 12.2. The normalized spacial score (nSPS) is 18.4. The highest BCUT2D eigenvalue weighted by atomic mass is 16.4. The summed E-state index contributed by atoms with van der Waals surface area (Å²) >= 11 is 0. The van der Waals surface area contributed by atoms with Crippen LogP contribution in [0.5, 0.6) is 0 Å². The Morgan fingerprint density at radius 2 is 1.12 bits per heavy atom. The van der Waals surface area contributed by atoms with Gasteiger partial charge in [-0.05, 0) is 40.5 Å². The van der Waals surface area contributed by atoms with Crippen molar-refractivity contribution in [1.82, 2.24) is 0 Å². The molecule has 0 heterocycles. The SMILES string of the molecule is CCC(O)(Cc1ccc(C(C)C)cc1)[C@@H](O)[C@@](O)(Cc1ccc(C(C)C)cc1)[C@H](O)[C@@H](O)CO. The van der Waals surface area contributed by atoms with E-state index in [1.54, 1.807) is 19.1 Å². The van der Waals surface area contributed by atoms with Crippen LogP contribution in [0.4, 0.5) is 0 Å². The number of benzene rings is 2. The number of hydrogen-bond donors (Lipinski definition) is 6. The molecule has 1 unspecified atom stereocenters. The van der Waals surface area contributed by atoms with Crippen LogP contribution in [0, 0.1) is 0 Å². The summed E-state index contributed by atoms with van der Waals surface area (Å²) in [6, 6.07) is 15.1. The van der Waals surface area contributed by atoms with Gasteiger partial charge < -0.3 is 30.6 Å². The molecule has 0 aliphatic heterocycles. The van der Waals surface area contributed by atoms with Gasteiger partial charge in [-0.25, -0.2) is 0 Å². The Morgan fingerprint density at radius 3 is 1.47 bits per heavy atom. The van der Waals surface area contributed by atoms with E-state index in [2.05, 4.69) is 27.7 Å². The van der Waals surface area contributed by atoms with Crippen molar-refractivity contribution in [3.8, 4) is 0 Å². The third kappa shape index (κ3) is 6.45. The smallest absolute Gasteiger partial charge is 0.126 e. The van der Waals surface area contributed by atoms with E-state index in [1.165, 1.54) is 0 Å². The van der Waals surface area contributed by atoms with Crippen LogP contribution in [0.2, 0.25) is 0 Å². The van der Waals surface area contributed by atoms with Crippen molar-refractivity contribution in [2.24, 2.45) is 0 Å². The van der Waals surface area contributed by atoms with Crippen LogP contribution in [0.25, 0.3) is 0 Å². The van der Waals surface area contributed by atoms with Gasteiger partial charge in [0.25, 0.3) is 0 Å². The topological polar surface area (TPSA) is 121 Å². The quantitative estimate of drug-likeness (QED) is 0.281. The highest BCUT2D eigenvalue weighted by Gasteiger charge is 2.53. The van der Waals surface area contributed by atoms with Crippen molar-refractivity contribution in [2.75, 3.05) is 6.61 Å². The minimum absolute atomic E-state index is 0.0412. The summed E-state index contributed by atoms with van der Waals surface area (Å²) in [4.78, 5) is 0. The van der Waals surface area contributed by atoms with Crippen LogP contribution >= 0.6 is 0 Å². The maximum absolute atomic E-state index is 11.6. The van der Waals surface area contributed by atoms with Crippen LogP contribution in [-0.2, 0) is 12.8 Å². The first kappa shape index (κ1) is 28.4. The molecule has 0 aliphatic rings. The Bertz CT molecular complexity index is 879. The Hall–Kier alpha value is -1.80. The van der Waals surface area contributed by atoms with Gasteiger partial charge >= 0.3 is 0 Å². The van der Waals surface area contributed by atoms with E-state index in [0.29, 0.717) is 17.4 Å². The molecule has 2 rings (SSSR count). The number of hydrogen-bond acceptors (Lipinski definition) is 6. The third-order valence-corrected chi connectivity index (χ3v) is 6.95. The first-order valence-corrected chi connectivity index (χ1v) is 12.2. The third-order valence-electron chi connectivity index (χ3n) is 6.95. The Morgan fingerprint density at radius 1 is 0.706 bits per heavy atom. The maximum Gasteiger partial charge on any atom is 0.126 e. The monoisotopic (exact) mass is 474 g/mol. The molecule has 0 bridgehead atoms. The zero-order valence-electron chi connectivity index (χ0n) is 21.0. The molecule has 6 nitrogen and oxygen atoms in total. The van der Waals surface area contributed by atoms with Gasteiger partial charge in [0, 0.05) is 12.8 Å². The summed E-state index contributed by atoms with van der Waals surface area (Å²) in [5.74, 6) is 0.666. The van der Waals surface area contributed by atoms with Crippen molar-refractivity contribution >= 4 is 0 Å². The van der Waals surface area contributed by atoms with Crippen molar-refractivity contribution in [3.05, 3.63) is 70.8 Å². The molecule has 0 amide bonds. The fraction of sp³-hybridized carbons (Fsp3) is 0.571. The predicted octanol–water partition coefficient (Wildman–Crippen LogP) is 2.67. The van der Waals surface area contributed by atoms with E-state index in [4.69, 9.17) is 0 Å². The lowest BCUT2D eigenvalue weighted by atomic mass is 9.72. The molecule has 0 aromatic heterocycles. The van der Waals surface area contributed by atoms with Crippen LogP contribution in [0.1, 0.15) is 75.1 Å². The van der Waals surface area contributed by atoms with Crippen LogP contribution in [0.15, 0.2) is 48.5 Å². The fourth-order valence-corrected chi connectivity index (χ4v) is 4.40. The summed E-state index contributed by atoms with van der Waals surface area (Å²) in [6.45, 7) is 9.19. The van der Waals surface area contributed by atoms with Gasteiger partial charge in [-0.1, -0.05) is 83.1 Å². The van der Waals surface area contributed by atoms with Gasteiger partial charge in [-0.2, -0.15) is 0 Å². The molecule has 2 aromatic rings. The van der Waals surface area contributed by atoms with E-state index in [1.807, 2.05) is 36.4 Å². The van der Waals surface area contributed by atoms with E-state index in [-0.39, 0.29) is 19.3 Å². The molecule has 0 aliphatic carbocycles. The van der Waals surface area contributed by atoms with Gasteiger partial charge in [0.05, 0.1) is 12.2 Å². The zero-order valence-corrected chi connectivity index (χ0v) is 21.0. The predicted molar refractivity (Wildman–Crippen MR) is 134 cm³/mol. The standard InChI is InChI=1S/C28H42O6/c1-6-27(33,15-20-7-11-22(12-8-20)18(2)3)26(32)28(34,25(31)24(30)17-29)16-21-9-13-23(14-10-21)19(4)5/h7-14,18-19,24-26,29-34H,6,15-17H2,1-5H3/t24-,25+,26+,27?,28+/m0/s1. The second kappa shape index (κ2) is 11.8. The number of rotatable bonds is 12. The van der Waals surface area contributed by atoms with Gasteiger partial charge in [0.1, 0.15) is 23.9 Å². The largest absolute Gasteiger partial charge is 0.394 e. The van der Waals surface area contributed by atoms with Crippen molar-refractivity contribution < 1.29 is 30.6 Å². The second-order valence-electron chi connectivity index (χ2n) is 10.2. The number of aliphatic hydroxyl groups excluding tert-OH is 4. The second-order valence-corrected chi connectivity index (χ2v) is 10.2. The van der Waals surface area contributed by atoms with Crippen molar-refractivity contribution in [3.63, 3.8) is 0 Å². The molecule has 0 saturated carbocycles. The fourth-order valence-electron chi connectivity index (χ4n) is 4.40. The summed E-state index contributed by atoms with van der Waals surface area (Å²) in [5.41, 5.74) is -0.471. The first-order chi connectivity index (χ1) is 15.9. The molecule has 6 N–H and O–H groups in total. The summed E-state index contributed by atoms with van der Waals surface area (Å²) in [6.07, 6.45) is -5.48. The Balaban J connectivity index is 2.41. The van der Waals surface area contributed by atoms with Gasteiger partial charge in [0.2, 0.25) is 0 Å². The van der Waals surface area contributed by atoms with Crippen molar-refractivity contribution in [2.45, 2.75) is 95.2 Å². The molecule has 5 atom stereocenters. The summed E-state index contributed by atoms with van der Waals surface area (Å²) < 4.78 is 0. The van der Waals surface area contributed by atoms with E-state index in [0.717, 1.165) is 16.7 Å². The Labute approximate surface area is 203 Å². The summed E-state index contributed by atoms with van der Waals surface area (Å²) in [7, 11) is 0. The molecule has 2 aromatic carbocycles. The minimum Gasteiger partial charge on any atom is -0.394 e. The van der Waals surface area contributed by atoms with Gasteiger partial charge in [0.15, 0.2) is 0 Å². The molecule has 0 fully saturated rings. The molecular weight excluding hydrogens is 432 g/mol. The van der Waals surface area contributed by atoms with E-state index in [9.17, 15) is 30.6 Å². The molecular formula is C28H42O6. The Kier molecular flexibility index (Phi) is 9.83. The highest BCUT2D eigenvalue weighted by molar-refractivity contribution is 5.29. The van der Waals surface area contributed by atoms with E-state index < -0.39 is 36.1 Å². The summed E-state index contributed by atoms with van der Waals surface area (Å²) in [5, 5.41) is 64.8. The molecule has 190 valence electrons. The zero-order chi connectivity index (χ0) is 25.7. The highest BCUT2D eigenvalue weighted by Crippen LogP contribution is 2.34. The molecule has 0 spiro atoms. The lowest BCUT2D eigenvalue weighted by Crippen LogP contribution is -2.66. The van der Waals surface area contributed by atoms with Crippen LogP contribution in [-0.4, -0.2) is 66.8 Å².